The molecular weight excluding hydrogens is 335 g/mol. The highest BCUT2D eigenvalue weighted by Gasteiger charge is 2.37. The van der Waals surface area contributed by atoms with Crippen molar-refractivity contribution in [2.24, 2.45) is 5.41 Å². The molecule has 2 aromatic rings. The van der Waals surface area contributed by atoms with Gasteiger partial charge < -0.3 is 5.32 Å². The number of rotatable bonds is 4. The lowest BCUT2D eigenvalue weighted by Crippen LogP contribution is -2.50. The maximum atomic E-state index is 13.3. The molecule has 0 radical (unpaired) electrons. The summed E-state index contributed by atoms with van der Waals surface area (Å²) in [6.07, 6.45) is 4.85. The second-order valence-corrected chi connectivity index (χ2v) is 9.09. The average Bonchev–Trinajstić information content (AvgIpc) is 2.94. The van der Waals surface area contributed by atoms with Gasteiger partial charge in [-0.3, -0.25) is 4.79 Å². The van der Waals surface area contributed by atoms with Crippen LogP contribution in [0, 0.1) is 11.2 Å². The molecule has 1 unspecified atom stereocenters. The van der Waals surface area contributed by atoms with Gasteiger partial charge in [-0.05, 0) is 49.3 Å². The topological polar surface area (TPSA) is 42.0 Å². The first kappa shape index (κ1) is 18.1. The minimum Gasteiger partial charge on any atom is -0.346 e. The third-order valence-electron chi connectivity index (χ3n) is 4.89. The largest absolute Gasteiger partial charge is 0.346 e. The monoisotopic (exact) mass is 360 g/mol. The SMILES string of the molecule is CC1(C)CCCC(C)(NC(=O)c2csc(Cc3cccc(F)c3)n2)C1. The second-order valence-electron chi connectivity index (χ2n) is 8.14. The number of thiazole rings is 1. The first-order chi connectivity index (χ1) is 11.7. The fourth-order valence-corrected chi connectivity index (χ4v) is 4.76. The zero-order chi connectivity index (χ0) is 18.1. The first-order valence-corrected chi connectivity index (χ1v) is 9.64. The number of aromatic nitrogens is 1. The number of nitrogens with zero attached hydrogens (tertiary/aromatic N) is 1. The molecule has 1 aromatic heterocycles. The van der Waals surface area contributed by atoms with E-state index < -0.39 is 0 Å². The fraction of sp³-hybridized carbons (Fsp3) is 0.500. The predicted molar refractivity (Wildman–Crippen MR) is 99.4 cm³/mol. The first-order valence-electron chi connectivity index (χ1n) is 8.76. The Morgan fingerprint density at radius 1 is 1.32 bits per heavy atom. The molecule has 1 saturated carbocycles. The molecule has 5 heteroatoms. The summed E-state index contributed by atoms with van der Waals surface area (Å²) in [5, 5.41) is 5.82. The summed E-state index contributed by atoms with van der Waals surface area (Å²) in [4.78, 5) is 17.1. The van der Waals surface area contributed by atoms with Crippen molar-refractivity contribution in [3.8, 4) is 0 Å². The van der Waals surface area contributed by atoms with Gasteiger partial charge in [0.25, 0.3) is 5.91 Å². The molecule has 3 rings (SSSR count). The van der Waals surface area contributed by atoms with Crippen molar-refractivity contribution in [1.29, 1.82) is 0 Å². The zero-order valence-corrected chi connectivity index (χ0v) is 15.9. The molecule has 25 heavy (non-hydrogen) atoms. The Morgan fingerprint density at radius 2 is 2.12 bits per heavy atom. The van der Waals surface area contributed by atoms with Gasteiger partial charge in [0.2, 0.25) is 0 Å². The molecule has 0 bridgehead atoms. The van der Waals surface area contributed by atoms with Crippen molar-refractivity contribution in [3.05, 3.63) is 51.7 Å². The lowest BCUT2D eigenvalue weighted by molar-refractivity contribution is 0.0798. The normalized spacial score (nSPS) is 22.6. The molecule has 1 atom stereocenters. The lowest BCUT2D eigenvalue weighted by Gasteiger charge is -2.43. The van der Waals surface area contributed by atoms with Crippen molar-refractivity contribution < 1.29 is 9.18 Å². The number of carbonyl (C=O) groups excluding carboxylic acids is 1. The van der Waals surface area contributed by atoms with E-state index in [2.05, 4.69) is 31.1 Å². The predicted octanol–water partition coefficient (Wildman–Crippen LogP) is 4.96. The molecule has 1 N–H and O–H groups in total. The Labute approximate surface area is 152 Å². The Kier molecular flexibility index (Phi) is 4.96. The van der Waals surface area contributed by atoms with E-state index in [0.29, 0.717) is 12.1 Å². The Balaban J connectivity index is 1.66. The number of carbonyl (C=O) groups is 1. The molecule has 0 spiro atoms. The highest BCUT2D eigenvalue weighted by molar-refractivity contribution is 7.09. The molecule has 1 heterocycles. The Hall–Kier alpha value is -1.75. The van der Waals surface area contributed by atoms with Gasteiger partial charge >= 0.3 is 0 Å². The van der Waals surface area contributed by atoms with Crippen molar-refractivity contribution in [1.82, 2.24) is 10.3 Å². The van der Waals surface area contributed by atoms with E-state index in [1.54, 1.807) is 11.4 Å². The molecule has 1 aromatic carbocycles. The van der Waals surface area contributed by atoms with Crippen LogP contribution in [-0.4, -0.2) is 16.4 Å². The quantitative estimate of drug-likeness (QED) is 0.837. The molecule has 3 nitrogen and oxygen atoms in total. The van der Waals surface area contributed by atoms with E-state index in [1.807, 2.05) is 6.07 Å². The van der Waals surface area contributed by atoms with Gasteiger partial charge in [0.05, 0.1) is 5.01 Å². The number of hydrogen-bond acceptors (Lipinski definition) is 3. The van der Waals surface area contributed by atoms with Crippen molar-refractivity contribution >= 4 is 17.2 Å². The third kappa shape index (κ3) is 4.66. The lowest BCUT2D eigenvalue weighted by atomic mass is 9.69. The number of amides is 1. The molecule has 1 fully saturated rings. The third-order valence-corrected chi connectivity index (χ3v) is 5.74. The summed E-state index contributed by atoms with van der Waals surface area (Å²) in [6.45, 7) is 6.65. The number of nitrogens with one attached hydrogen (secondary N) is 1. The van der Waals surface area contributed by atoms with Crippen molar-refractivity contribution in [3.63, 3.8) is 0 Å². The van der Waals surface area contributed by atoms with E-state index in [9.17, 15) is 9.18 Å². The van der Waals surface area contributed by atoms with Crippen LogP contribution in [0.15, 0.2) is 29.6 Å². The van der Waals surface area contributed by atoms with Crippen LogP contribution in [-0.2, 0) is 6.42 Å². The van der Waals surface area contributed by atoms with Crippen LogP contribution in [0.5, 0.6) is 0 Å². The summed E-state index contributed by atoms with van der Waals surface area (Å²) in [5.41, 5.74) is 1.40. The van der Waals surface area contributed by atoms with Crippen LogP contribution >= 0.6 is 11.3 Å². The number of halogens is 1. The fourth-order valence-electron chi connectivity index (χ4n) is 3.95. The smallest absolute Gasteiger partial charge is 0.271 e. The van der Waals surface area contributed by atoms with Crippen LogP contribution < -0.4 is 5.32 Å². The number of benzene rings is 1. The van der Waals surface area contributed by atoms with Gasteiger partial charge in [-0.1, -0.05) is 32.4 Å². The summed E-state index contributed by atoms with van der Waals surface area (Å²) < 4.78 is 13.3. The summed E-state index contributed by atoms with van der Waals surface area (Å²) in [6, 6.07) is 6.50. The second kappa shape index (κ2) is 6.87. The van der Waals surface area contributed by atoms with Gasteiger partial charge in [0.1, 0.15) is 11.5 Å². The van der Waals surface area contributed by atoms with Crippen molar-refractivity contribution in [2.75, 3.05) is 0 Å². The van der Waals surface area contributed by atoms with Crippen LogP contribution in [0.2, 0.25) is 0 Å². The maximum absolute atomic E-state index is 13.3. The Morgan fingerprint density at radius 3 is 2.84 bits per heavy atom. The Bertz CT molecular complexity index is 771. The highest BCUT2D eigenvalue weighted by Crippen LogP contribution is 2.40. The zero-order valence-electron chi connectivity index (χ0n) is 15.1. The molecular formula is C20H25FN2OS. The summed E-state index contributed by atoms with van der Waals surface area (Å²) in [7, 11) is 0. The maximum Gasteiger partial charge on any atom is 0.271 e. The van der Waals surface area contributed by atoms with Crippen LogP contribution in [0.1, 0.15) is 67.5 Å². The van der Waals surface area contributed by atoms with Gasteiger partial charge in [-0.2, -0.15) is 0 Å². The van der Waals surface area contributed by atoms with Gasteiger partial charge in [0, 0.05) is 17.3 Å². The minimum atomic E-state index is -0.250. The van der Waals surface area contributed by atoms with Crippen molar-refractivity contribution in [2.45, 2.75) is 58.4 Å². The molecule has 0 saturated heterocycles. The molecule has 1 amide bonds. The highest BCUT2D eigenvalue weighted by atomic mass is 32.1. The van der Waals surface area contributed by atoms with Gasteiger partial charge in [-0.25, -0.2) is 9.37 Å². The van der Waals surface area contributed by atoms with Gasteiger partial charge in [0.15, 0.2) is 0 Å². The van der Waals surface area contributed by atoms with Crippen LogP contribution in [0.25, 0.3) is 0 Å². The van der Waals surface area contributed by atoms with E-state index in [1.165, 1.54) is 29.9 Å². The molecule has 1 aliphatic carbocycles. The van der Waals surface area contributed by atoms with Gasteiger partial charge in [-0.15, -0.1) is 11.3 Å². The molecule has 1 aliphatic rings. The minimum absolute atomic E-state index is 0.109. The molecule has 134 valence electrons. The van der Waals surface area contributed by atoms with E-state index in [0.717, 1.165) is 29.8 Å². The summed E-state index contributed by atoms with van der Waals surface area (Å²) in [5.74, 6) is -0.359. The van der Waals surface area contributed by atoms with E-state index in [4.69, 9.17) is 0 Å². The molecule has 0 aliphatic heterocycles. The average molecular weight is 360 g/mol. The van der Waals surface area contributed by atoms with Crippen LogP contribution in [0.4, 0.5) is 4.39 Å². The summed E-state index contributed by atoms with van der Waals surface area (Å²) >= 11 is 1.44. The number of hydrogen-bond donors (Lipinski definition) is 1. The standard InChI is InChI=1S/C20H25FN2OS/c1-19(2)8-5-9-20(3,13-19)23-18(24)16-12-25-17(22-16)11-14-6-4-7-15(21)10-14/h4,6-7,10,12H,5,8-9,11,13H2,1-3H3,(H,23,24). The van der Waals surface area contributed by atoms with Crippen LogP contribution in [0.3, 0.4) is 0 Å². The van der Waals surface area contributed by atoms with E-state index >= 15 is 0 Å². The van der Waals surface area contributed by atoms with E-state index in [-0.39, 0.29) is 22.7 Å².